The molecular weight excluding hydrogens is 534 g/mol. The van der Waals surface area contributed by atoms with E-state index in [-0.39, 0.29) is 16.8 Å². The Morgan fingerprint density at radius 3 is 2.17 bits per heavy atom. The van der Waals surface area contributed by atoms with Crippen LogP contribution >= 0.6 is 15.9 Å². The second-order valence-electron chi connectivity index (χ2n) is 8.15. The van der Waals surface area contributed by atoms with Crippen molar-refractivity contribution in [2.24, 2.45) is 0 Å². The molecule has 36 heavy (non-hydrogen) atoms. The second kappa shape index (κ2) is 8.76. The zero-order valence-corrected chi connectivity index (χ0v) is 20.6. The number of amides is 3. The number of halogens is 1. The molecule has 3 amide bonds. The number of anilines is 1. The summed E-state index contributed by atoms with van der Waals surface area (Å²) >= 11 is 3.44. The van der Waals surface area contributed by atoms with Gasteiger partial charge in [-0.25, -0.2) is 0 Å². The van der Waals surface area contributed by atoms with Gasteiger partial charge in [0, 0.05) is 27.9 Å². The van der Waals surface area contributed by atoms with E-state index in [2.05, 4.69) is 15.9 Å². The first-order valence-electron chi connectivity index (χ1n) is 10.7. The van der Waals surface area contributed by atoms with Gasteiger partial charge in [-0.1, -0.05) is 15.9 Å². The molecule has 1 fully saturated rings. The first-order chi connectivity index (χ1) is 17.3. The van der Waals surface area contributed by atoms with Crippen LogP contribution in [0, 0.1) is 10.1 Å². The maximum atomic E-state index is 13.6. The Bertz CT molecular complexity index is 1440. The number of ether oxygens (including phenoxy) is 2. The number of non-ortho nitro benzene ring substituents is 1. The summed E-state index contributed by atoms with van der Waals surface area (Å²) in [5.41, 5.74) is 0.707. The molecule has 10 nitrogen and oxygen atoms in total. The van der Waals surface area contributed by atoms with Crippen LogP contribution in [0.25, 0.3) is 0 Å². The van der Waals surface area contributed by atoms with Gasteiger partial charge in [0.05, 0.1) is 36.3 Å². The number of imide groups is 1. The highest BCUT2D eigenvalue weighted by Crippen LogP contribution is 2.47. The van der Waals surface area contributed by atoms with E-state index in [1.165, 1.54) is 25.2 Å². The summed E-state index contributed by atoms with van der Waals surface area (Å²) in [4.78, 5) is 53.2. The van der Waals surface area contributed by atoms with Crippen molar-refractivity contribution in [1.82, 2.24) is 4.90 Å². The Morgan fingerprint density at radius 2 is 1.53 bits per heavy atom. The molecule has 2 aliphatic rings. The number of carbonyl (C=O) groups excluding carboxylic acids is 3. The van der Waals surface area contributed by atoms with Crippen LogP contribution in [-0.4, -0.2) is 47.8 Å². The molecule has 0 unspecified atom stereocenters. The van der Waals surface area contributed by atoms with Crippen LogP contribution in [-0.2, 0) is 4.79 Å². The van der Waals surface area contributed by atoms with Crippen molar-refractivity contribution in [3.63, 3.8) is 0 Å². The molecule has 11 heteroatoms. The molecule has 182 valence electrons. The zero-order chi connectivity index (χ0) is 25.7. The minimum Gasteiger partial charge on any atom is -0.497 e. The van der Waals surface area contributed by atoms with E-state index in [4.69, 9.17) is 9.47 Å². The van der Waals surface area contributed by atoms with Crippen molar-refractivity contribution in [2.75, 3.05) is 19.1 Å². The maximum absolute atomic E-state index is 13.6. The van der Waals surface area contributed by atoms with Crippen molar-refractivity contribution >= 4 is 45.0 Å². The molecule has 0 saturated carbocycles. The summed E-state index contributed by atoms with van der Waals surface area (Å²) in [6, 6.07) is 13.6. The van der Waals surface area contributed by atoms with Gasteiger partial charge in [-0.05, 0) is 48.5 Å². The minimum absolute atomic E-state index is 0.0151. The number of nitro groups is 1. The third-order valence-electron chi connectivity index (χ3n) is 6.32. The number of fused-ring (bicyclic) bond motifs is 1. The van der Waals surface area contributed by atoms with Crippen LogP contribution in [0.4, 0.5) is 11.4 Å². The number of rotatable bonds is 6. The topological polar surface area (TPSA) is 119 Å². The standard InChI is InChI=1S/C25H18BrN3O7/c1-35-16-7-4-14(5-8-16)27-21(19-11-13(26)3-10-20(19)36-2)22(25(27)32)28-23(30)17-9-6-15(29(33)34)12-18(17)24(28)31/h3-12,21-22H,1-2H3/t21-,22-/m0/s1. The molecule has 3 aromatic carbocycles. The Labute approximate surface area is 213 Å². The third kappa shape index (κ3) is 3.51. The van der Waals surface area contributed by atoms with Crippen molar-refractivity contribution in [3.05, 3.63) is 91.9 Å². The summed E-state index contributed by atoms with van der Waals surface area (Å²) in [6.07, 6.45) is 0. The van der Waals surface area contributed by atoms with Crippen LogP contribution in [0.5, 0.6) is 11.5 Å². The smallest absolute Gasteiger partial charge is 0.270 e. The van der Waals surface area contributed by atoms with E-state index in [1.54, 1.807) is 42.5 Å². The summed E-state index contributed by atoms with van der Waals surface area (Å²) in [5.74, 6) is -0.855. The minimum atomic E-state index is -1.18. The molecular formula is C25H18BrN3O7. The number of β-lactam (4-membered cyclic amide) rings is 1. The largest absolute Gasteiger partial charge is 0.497 e. The summed E-state index contributed by atoms with van der Waals surface area (Å²) < 4.78 is 11.5. The molecule has 1 saturated heterocycles. The van der Waals surface area contributed by atoms with E-state index < -0.39 is 34.7 Å². The molecule has 0 aliphatic carbocycles. The van der Waals surface area contributed by atoms with Crippen molar-refractivity contribution in [1.29, 1.82) is 0 Å². The monoisotopic (exact) mass is 551 g/mol. The highest BCUT2D eigenvalue weighted by molar-refractivity contribution is 9.10. The molecule has 0 bridgehead atoms. The normalized spacial score (nSPS) is 18.7. The van der Waals surface area contributed by atoms with Gasteiger partial charge in [-0.3, -0.25) is 29.4 Å². The number of hydrogen-bond acceptors (Lipinski definition) is 7. The summed E-state index contributed by atoms with van der Waals surface area (Å²) in [5, 5.41) is 11.2. The summed E-state index contributed by atoms with van der Waals surface area (Å²) in [6.45, 7) is 0. The Morgan fingerprint density at radius 1 is 0.833 bits per heavy atom. The van der Waals surface area contributed by atoms with Crippen LogP contribution in [0.15, 0.2) is 65.1 Å². The van der Waals surface area contributed by atoms with Crippen LogP contribution < -0.4 is 14.4 Å². The molecule has 0 N–H and O–H groups in total. The molecule has 2 aliphatic heterocycles. The number of methoxy groups -OCH3 is 2. The van der Waals surface area contributed by atoms with Gasteiger partial charge >= 0.3 is 0 Å². The molecule has 3 aromatic rings. The number of nitrogens with zero attached hydrogens (tertiary/aromatic N) is 3. The predicted molar refractivity (Wildman–Crippen MR) is 131 cm³/mol. The number of hydrogen-bond donors (Lipinski definition) is 0. The fourth-order valence-electron chi connectivity index (χ4n) is 4.62. The number of nitro benzene ring substituents is 1. The fourth-order valence-corrected chi connectivity index (χ4v) is 4.99. The molecule has 0 radical (unpaired) electrons. The van der Waals surface area contributed by atoms with Crippen molar-refractivity contribution in [3.8, 4) is 11.5 Å². The quantitative estimate of drug-likeness (QED) is 0.195. The Balaban J connectivity index is 1.61. The van der Waals surface area contributed by atoms with Crippen molar-refractivity contribution in [2.45, 2.75) is 12.1 Å². The van der Waals surface area contributed by atoms with Crippen molar-refractivity contribution < 1.29 is 28.8 Å². The van der Waals surface area contributed by atoms with E-state index in [0.717, 1.165) is 17.0 Å². The fraction of sp³-hybridized carbons (Fsp3) is 0.160. The molecule has 0 spiro atoms. The molecule has 2 heterocycles. The lowest BCUT2D eigenvalue weighted by molar-refractivity contribution is -0.384. The van der Waals surface area contributed by atoms with E-state index in [1.807, 2.05) is 0 Å². The van der Waals surface area contributed by atoms with Gasteiger partial charge < -0.3 is 14.4 Å². The van der Waals surface area contributed by atoms with Crippen LogP contribution in [0.2, 0.25) is 0 Å². The Hall–Kier alpha value is -4.25. The Kier molecular flexibility index (Phi) is 5.71. The second-order valence-corrected chi connectivity index (χ2v) is 9.07. The van der Waals surface area contributed by atoms with E-state index in [9.17, 15) is 24.5 Å². The van der Waals surface area contributed by atoms with Gasteiger partial charge in [0.1, 0.15) is 17.5 Å². The molecule has 5 rings (SSSR count). The maximum Gasteiger partial charge on any atom is 0.270 e. The van der Waals surface area contributed by atoms with Gasteiger partial charge in [0.15, 0.2) is 0 Å². The predicted octanol–water partition coefficient (Wildman–Crippen LogP) is 4.13. The first kappa shape index (κ1) is 23.5. The third-order valence-corrected chi connectivity index (χ3v) is 6.81. The lowest BCUT2D eigenvalue weighted by Crippen LogP contribution is -2.67. The average molecular weight is 552 g/mol. The lowest BCUT2D eigenvalue weighted by Gasteiger charge is -2.50. The van der Waals surface area contributed by atoms with Gasteiger partial charge in [0.2, 0.25) is 0 Å². The summed E-state index contributed by atoms with van der Waals surface area (Å²) in [7, 11) is 3.02. The van der Waals surface area contributed by atoms with Crippen LogP contribution in [0.1, 0.15) is 32.3 Å². The number of carbonyl (C=O) groups is 3. The van der Waals surface area contributed by atoms with Crippen LogP contribution in [0.3, 0.4) is 0 Å². The van der Waals surface area contributed by atoms with Gasteiger partial charge in [0.25, 0.3) is 23.4 Å². The number of benzene rings is 3. The zero-order valence-electron chi connectivity index (χ0n) is 19.0. The van der Waals surface area contributed by atoms with E-state index in [0.29, 0.717) is 27.2 Å². The van der Waals surface area contributed by atoms with E-state index >= 15 is 0 Å². The molecule has 2 atom stereocenters. The highest BCUT2D eigenvalue weighted by Gasteiger charge is 2.58. The van der Waals surface area contributed by atoms with Gasteiger partial charge in [-0.2, -0.15) is 0 Å². The average Bonchev–Trinajstić information content (AvgIpc) is 3.12. The highest BCUT2D eigenvalue weighted by atomic mass is 79.9. The van der Waals surface area contributed by atoms with Gasteiger partial charge in [-0.15, -0.1) is 0 Å². The lowest BCUT2D eigenvalue weighted by atomic mass is 9.85. The molecule has 0 aromatic heterocycles. The first-order valence-corrected chi connectivity index (χ1v) is 11.5. The SMILES string of the molecule is COc1ccc(N2C(=O)[C@@H](N3C(=O)c4ccc([N+](=O)[O-])cc4C3=O)[C@@H]2c2cc(Br)ccc2OC)cc1.